The first kappa shape index (κ1) is 23.1. The van der Waals surface area contributed by atoms with Crippen LogP contribution in [0.15, 0.2) is 83.8 Å². The van der Waals surface area contributed by atoms with E-state index < -0.39 is 10.0 Å². The van der Waals surface area contributed by atoms with Crippen LogP contribution in [0.25, 0.3) is 0 Å². The van der Waals surface area contributed by atoms with Crippen molar-refractivity contribution in [2.24, 2.45) is 0 Å². The number of benzene rings is 3. The third-order valence-electron chi connectivity index (χ3n) is 4.87. The number of hydrogen-bond donors (Lipinski definition) is 1. The normalized spacial score (nSPS) is 12.5. The van der Waals surface area contributed by atoms with Crippen LogP contribution in [-0.4, -0.2) is 38.5 Å². The molecule has 0 saturated carbocycles. The van der Waals surface area contributed by atoms with Crippen LogP contribution >= 0.6 is 11.8 Å². The maximum absolute atomic E-state index is 12.6. The van der Waals surface area contributed by atoms with Gasteiger partial charge in [0.25, 0.3) is 0 Å². The van der Waals surface area contributed by atoms with E-state index in [1.807, 2.05) is 30.3 Å². The van der Waals surface area contributed by atoms with Gasteiger partial charge in [-0.25, -0.2) is 12.7 Å². The second kappa shape index (κ2) is 10.1. The Morgan fingerprint density at radius 1 is 0.935 bits per heavy atom. The van der Waals surface area contributed by atoms with Crippen molar-refractivity contribution >= 4 is 33.4 Å². The SMILES string of the molecule is Cc1ccccc1[C@H](SCC(=O)Nc1ccc(S(=O)(=O)N(C)C)cc1)c1ccccc1. The molecule has 0 saturated heterocycles. The van der Waals surface area contributed by atoms with Crippen molar-refractivity contribution in [1.82, 2.24) is 4.31 Å². The van der Waals surface area contributed by atoms with Gasteiger partial charge in [0, 0.05) is 19.8 Å². The monoisotopic (exact) mass is 454 g/mol. The number of aryl methyl sites for hydroxylation is 1. The van der Waals surface area contributed by atoms with E-state index in [-0.39, 0.29) is 21.8 Å². The molecule has 5 nitrogen and oxygen atoms in total. The molecule has 0 fully saturated rings. The summed E-state index contributed by atoms with van der Waals surface area (Å²) >= 11 is 1.57. The van der Waals surface area contributed by atoms with Crippen LogP contribution in [-0.2, 0) is 14.8 Å². The van der Waals surface area contributed by atoms with Gasteiger partial charge in [0.15, 0.2) is 0 Å². The van der Waals surface area contributed by atoms with E-state index in [4.69, 9.17) is 0 Å². The van der Waals surface area contributed by atoms with Gasteiger partial charge in [0.1, 0.15) is 0 Å². The Labute approximate surface area is 188 Å². The highest BCUT2D eigenvalue weighted by molar-refractivity contribution is 8.00. The molecule has 0 aromatic heterocycles. The molecule has 0 spiro atoms. The second-order valence-electron chi connectivity index (χ2n) is 7.32. The minimum atomic E-state index is -3.49. The molecule has 0 radical (unpaired) electrons. The Kier molecular flexibility index (Phi) is 7.54. The van der Waals surface area contributed by atoms with Crippen molar-refractivity contribution in [2.75, 3.05) is 25.2 Å². The van der Waals surface area contributed by atoms with Gasteiger partial charge < -0.3 is 5.32 Å². The molecule has 7 heteroatoms. The molecule has 3 rings (SSSR count). The number of carbonyl (C=O) groups excluding carboxylic acids is 1. The fourth-order valence-corrected chi connectivity index (χ4v) is 5.24. The molecule has 0 aliphatic rings. The summed E-state index contributed by atoms with van der Waals surface area (Å²) in [6.07, 6.45) is 0. The van der Waals surface area contributed by atoms with Crippen LogP contribution in [0.4, 0.5) is 5.69 Å². The van der Waals surface area contributed by atoms with E-state index in [2.05, 4.69) is 36.5 Å². The van der Waals surface area contributed by atoms with Gasteiger partial charge in [-0.2, -0.15) is 0 Å². The summed E-state index contributed by atoms with van der Waals surface area (Å²) in [6, 6.07) is 24.6. The zero-order chi connectivity index (χ0) is 22.4. The lowest BCUT2D eigenvalue weighted by Crippen LogP contribution is -2.22. The molecule has 3 aromatic rings. The quantitative estimate of drug-likeness (QED) is 0.535. The van der Waals surface area contributed by atoms with Gasteiger partial charge in [-0.05, 0) is 47.9 Å². The van der Waals surface area contributed by atoms with E-state index in [0.717, 1.165) is 9.87 Å². The molecule has 0 unspecified atom stereocenters. The molecular formula is C24H26N2O3S2. The second-order valence-corrected chi connectivity index (χ2v) is 10.6. The Morgan fingerprint density at radius 2 is 1.55 bits per heavy atom. The molecule has 0 aliphatic heterocycles. The number of anilines is 1. The maximum atomic E-state index is 12.6. The predicted molar refractivity (Wildman–Crippen MR) is 128 cm³/mol. The average molecular weight is 455 g/mol. The number of hydrogen-bond acceptors (Lipinski definition) is 4. The highest BCUT2D eigenvalue weighted by Gasteiger charge is 2.19. The van der Waals surface area contributed by atoms with E-state index in [1.54, 1.807) is 23.9 Å². The molecule has 3 aromatic carbocycles. The predicted octanol–water partition coefficient (Wildman–Crippen LogP) is 4.71. The van der Waals surface area contributed by atoms with E-state index in [1.165, 1.54) is 37.4 Å². The first-order chi connectivity index (χ1) is 14.8. The van der Waals surface area contributed by atoms with Crippen molar-refractivity contribution in [2.45, 2.75) is 17.1 Å². The summed E-state index contributed by atoms with van der Waals surface area (Å²) in [5, 5.41) is 2.90. The van der Waals surface area contributed by atoms with E-state index >= 15 is 0 Å². The summed E-state index contributed by atoms with van der Waals surface area (Å²) in [7, 11) is -0.521. The Bertz CT molecular complexity index is 1130. The number of thioether (sulfide) groups is 1. The molecule has 1 amide bonds. The molecule has 1 atom stereocenters. The van der Waals surface area contributed by atoms with Crippen LogP contribution in [0, 0.1) is 6.92 Å². The van der Waals surface area contributed by atoms with Gasteiger partial charge in [0.05, 0.1) is 15.9 Å². The van der Waals surface area contributed by atoms with Crippen molar-refractivity contribution in [3.05, 3.63) is 95.6 Å². The molecule has 31 heavy (non-hydrogen) atoms. The third-order valence-corrected chi connectivity index (χ3v) is 7.99. The minimum absolute atomic E-state index is 0.0424. The largest absolute Gasteiger partial charge is 0.325 e. The number of sulfonamides is 1. The maximum Gasteiger partial charge on any atom is 0.242 e. The lowest BCUT2D eigenvalue weighted by atomic mass is 10.0. The number of nitrogens with zero attached hydrogens (tertiary/aromatic N) is 1. The molecule has 162 valence electrons. The summed E-state index contributed by atoms with van der Waals surface area (Å²) in [5.74, 6) is 0.133. The van der Waals surface area contributed by atoms with Gasteiger partial charge in [-0.1, -0.05) is 54.6 Å². The summed E-state index contributed by atoms with van der Waals surface area (Å²) in [6.45, 7) is 2.08. The highest BCUT2D eigenvalue weighted by atomic mass is 32.2. The molecular weight excluding hydrogens is 428 g/mol. The Hall–Kier alpha value is -2.61. The fraction of sp³-hybridized carbons (Fsp3) is 0.208. The summed E-state index contributed by atoms with van der Waals surface area (Å²) < 4.78 is 25.5. The zero-order valence-corrected chi connectivity index (χ0v) is 19.4. The molecule has 0 aliphatic carbocycles. The minimum Gasteiger partial charge on any atom is -0.325 e. The van der Waals surface area contributed by atoms with Gasteiger partial charge in [-0.3, -0.25) is 4.79 Å². The topological polar surface area (TPSA) is 66.5 Å². The lowest BCUT2D eigenvalue weighted by Gasteiger charge is -2.19. The van der Waals surface area contributed by atoms with Gasteiger partial charge in [0.2, 0.25) is 15.9 Å². The Morgan fingerprint density at radius 3 is 2.16 bits per heavy atom. The number of rotatable bonds is 8. The van der Waals surface area contributed by atoms with Crippen molar-refractivity contribution in [1.29, 1.82) is 0 Å². The number of carbonyl (C=O) groups is 1. The van der Waals surface area contributed by atoms with Crippen molar-refractivity contribution < 1.29 is 13.2 Å². The summed E-state index contributed by atoms with van der Waals surface area (Å²) in [4.78, 5) is 12.8. The lowest BCUT2D eigenvalue weighted by molar-refractivity contribution is -0.113. The van der Waals surface area contributed by atoms with Gasteiger partial charge >= 0.3 is 0 Å². The van der Waals surface area contributed by atoms with Crippen LogP contribution in [0.5, 0.6) is 0 Å². The van der Waals surface area contributed by atoms with Gasteiger partial charge in [-0.15, -0.1) is 11.8 Å². The van der Waals surface area contributed by atoms with E-state index in [0.29, 0.717) is 5.69 Å². The first-order valence-electron chi connectivity index (χ1n) is 9.83. The molecule has 0 bridgehead atoms. The van der Waals surface area contributed by atoms with Crippen molar-refractivity contribution in [3.8, 4) is 0 Å². The zero-order valence-electron chi connectivity index (χ0n) is 17.8. The first-order valence-corrected chi connectivity index (χ1v) is 12.3. The summed E-state index contributed by atoms with van der Waals surface area (Å²) in [5.41, 5.74) is 4.08. The molecule has 0 heterocycles. The third kappa shape index (κ3) is 5.76. The fourth-order valence-electron chi connectivity index (χ4n) is 3.15. The van der Waals surface area contributed by atoms with Crippen LogP contribution in [0.1, 0.15) is 21.9 Å². The van der Waals surface area contributed by atoms with Crippen LogP contribution in [0.3, 0.4) is 0 Å². The standard InChI is InChI=1S/C24H26N2O3S2/c1-18-9-7-8-12-22(18)24(19-10-5-4-6-11-19)30-17-23(27)25-20-13-15-21(16-14-20)31(28,29)26(2)3/h4-16,24H,17H2,1-3H3,(H,25,27)/t24-/m1/s1. The average Bonchev–Trinajstić information content (AvgIpc) is 2.76. The van der Waals surface area contributed by atoms with Crippen LogP contribution in [0.2, 0.25) is 0 Å². The van der Waals surface area contributed by atoms with E-state index in [9.17, 15) is 13.2 Å². The van der Waals surface area contributed by atoms with Crippen LogP contribution < -0.4 is 5.32 Å². The number of nitrogens with one attached hydrogen (secondary N) is 1. The molecule has 1 N–H and O–H groups in total. The smallest absolute Gasteiger partial charge is 0.242 e. The van der Waals surface area contributed by atoms with Crippen molar-refractivity contribution in [3.63, 3.8) is 0 Å². The Balaban J connectivity index is 1.70. The number of amides is 1. The highest BCUT2D eigenvalue weighted by Crippen LogP contribution is 2.37.